The number of nitrogens with zero attached hydrogens (tertiary/aromatic N) is 3. The monoisotopic (exact) mass is 463 g/mol. The smallest absolute Gasteiger partial charge is 0.258 e. The SMILES string of the molecule is Cc1cc2nn(-c3ccc(C(C)C)cc3)nc2cc1NC(=S)NC(=O)c1ccccc1Cl. The third-order valence-electron chi connectivity index (χ3n) is 5.11. The number of hydrogen-bond acceptors (Lipinski definition) is 4. The van der Waals surface area contributed by atoms with Crippen molar-refractivity contribution in [2.75, 3.05) is 5.32 Å². The first kappa shape index (κ1) is 21.9. The van der Waals surface area contributed by atoms with E-state index < -0.39 is 0 Å². The van der Waals surface area contributed by atoms with Gasteiger partial charge in [-0.1, -0.05) is 49.7 Å². The van der Waals surface area contributed by atoms with Crippen molar-refractivity contribution in [2.45, 2.75) is 26.7 Å². The Morgan fingerprint density at radius 1 is 1.03 bits per heavy atom. The molecular weight excluding hydrogens is 442 g/mol. The number of hydrogen-bond donors (Lipinski definition) is 2. The summed E-state index contributed by atoms with van der Waals surface area (Å²) in [5.41, 5.74) is 5.66. The van der Waals surface area contributed by atoms with Crippen molar-refractivity contribution in [2.24, 2.45) is 0 Å². The van der Waals surface area contributed by atoms with E-state index in [0.717, 1.165) is 22.5 Å². The van der Waals surface area contributed by atoms with E-state index in [1.165, 1.54) is 5.56 Å². The zero-order valence-corrected chi connectivity index (χ0v) is 19.5. The fraction of sp³-hybridized carbons (Fsp3) is 0.167. The summed E-state index contributed by atoms with van der Waals surface area (Å²) in [6, 6.07) is 18.8. The molecule has 0 saturated heterocycles. The van der Waals surface area contributed by atoms with E-state index in [2.05, 4.69) is 46.8 Å². The Labute approximate surface area is 196 Å². The zero-order chi connectivity index (χ0) is 22.8. The first-order chi connectivity index (χ1) is 15.3. The summed E-state index contributed by atoms with van der Waals surface area (Å²) in [5.74, 6) is 0.0925. The van der Waals surface area contributed by atoms with Gasteiger partial charge in [-0.25, -0.2) is 0 Å². The second-order valence-corrected chi connectivity index (χ2v) is 8.60. The number of nitrogens with one attached hydrogen (secondary N) is 2. The van der Waals surface area contributed by atoms with Gasteiger partial charge < -0.3 is 5.32 Å². The molecule has 0 bridgehead atoms. The molecule has 0 aliphatic heterocycles. The molecule has 0 unspecified atom stereocenters. The van der Waals surface area contributed by atoms with Crippen LogP contribution in [0.15, 0.2) is 60.7 Å². The summed E-state index contributed by atoms with van der Waals surface area (Å²) in [6.07, 6.45) is 0. The molecule has 2 N–H and O–H groups in total. The van der Waals surface area contributed by atoms with Gasteiger partial charge in [-0.2, -0.15) is 4.80 Å². The Bertz CT molecular complexity index is 1310. The molecule has 1 aromatic heterocycles. The number of benzene rings is 3. The third-order valence-corrected chi connectivity index (χ3v) is 5.64. The number of amides is 1. The molecule has 0 atom stereocenters. The fourth-order valence-corrected chi connectivity index (χ4v) is 3.70. The average molecular weight is 464 g/mol. The lowest BCUT2D eigenvalue weighted by atomic mass is 10.0. The summed E-state index contributed by atoms with van der Waals surface area (Å²) in [7, 11) is 0. The van der Waals surface area contributed by atoms with Gasteiger partial charge in [-0.3, -0.25) is 10.1 Å². The van der Waals surface area contributed by atoms with Crippen molar-refractivity contribution in [3.63, 3.8) is 0 Å². The normalized spacial score (nSPS) is 11.0. The minimum absolute atomic E-state index is 0.175. The van der Waals surface area contributed by atoms with E-state index in [0.29, 0.717) is 22.0 Å². The lowest BCUT2D eigenvalue weighted by molar-refractivity contribution is 0.0978. The minimum atomic E-state index is -0.373. The van der Waals surface area contributed by atoms with Crippen LogP contribution in [0, 0.1) is 6.92 Å². The number of aryl methyl sites for hydroxylation is 1. The highest BCUT2D eigenvalue weighted by Gasteiger charge is 2.13. The number of halogens is 1. The summed E-state index contributed by atoms with van der Waals surface area (Å²) in [4.78, 5) is 14.1. The van der Waals surface area contributed by atoms with Crippen molar-refractivity contribution in [1.29, 1.82) is 0 Å². The minimum Gasteiger partial charge on any atom is -0.332 e. The molecule has 0 radical (unpaired) electrons. The number of aromatic nitrogens is 3. The van der Waals surface area contributed by atoms with Gasteiger partial charge in [0, 0.05) is 5.69 Å². The average Bonchev–Trinajstić information content (AvgIpc) is 3.17. The lowest BCUT2D eigenvalue weighted by Gasteiger charge is -2.12. The predicted molar refractivity (Wildman–Crippen MR) is 133 cm³/mol. The Balaban J connectivity index is 1.53. The summed E-state index contributed by atoms with van der Waals surface area (Å²) < 4.78 is 0. The number of thiocarbonyl (C=S) groups is 1. The molecule has 1 amide bonds. The van der Waals surface area contributed by atoms with E-state index in [1.807, 2.05) is 31.2 Å². The van der Waals surface area contributed by atoms with Gasteiger partial charge in [0.2, 0.25) is 0 Å². The highest BCUT2D eigenvalue weighted by molar-refractivity contribution is 7.80. The quantitative estimate of drug-likeness (QED) is 0.383. The van der Waals surface area contributed by atoms with Gasteiger partial charge in [0.1, 0.15) is 11.0 Å². The summed E-state index contributed by atoms with van der Waals surface area (Å²) >= 11 is 11.4. The van der Waals surface area contributed by atoms with Crippen molar-refractivity contribution < 1.29 is 4.79 Å². The van der Waals surface area contributed by atoms with Crippen LogP contribution < -0.4 is 10.6 Å². The van der Waals surface area contributed by atoms with E-state index in [9.17, 15) is 4.79 Å². The fourth-order valence-electron chi connectivity index (χ4n) is 3.28. The summed E-state index contributed by atoms with van der Waals surface area (Å²) in [5, 5.41) is 15.5. The summed E-state index contributed by atoms with van der Waals surface area (Å²) in [6.45, 7) is 6.26. The highest BCUT2D eigenvalue weighted by atomic mass is 35.5. The topological polar surface area (TPSA) is 71.8 Å². The van der Waals surface area contributed by atoms with Crippen LogP contribution in [-0.4, -0.2) is 26.0 Å². The van der Waals surface area contributed by atoms with Crippen molar-refractivity contribution >= 4 is 51.6 Å². The second kappa shape index (κ2) is 9.06. The third kappa shape index (κ3) is 4.64. The van der Waals surface area contributed by atoms with Gasteiger partial charge >= 0.3 is 0 Å². The molecule has 162 valence electrons. The van der Waals surface area contributed by atoms with Crippen LogP contribution in [0.5, 0.6) is 0 Å². The Kier molecular flexibility index (Phi) is 6.21. The molecule has 0 fully saturated rings. The van der Waals surface area contributed by atoms with Crippen molar-refractivity contribution in [1.82, 2.24) is 20.3 Å². The first-order valence-corrected chi connectivity index (χ1v) is 11.0. The number of carbonyl (C=O) groups excluding carboxylic acids is 1. The lowest BCUT2D eigenvalue weighted by Crippen LogP contribution is -2.34. The van der Waals surface area contributed by atoms with Crippen molar-refractivity contribution in [3.8, 4) is 5.69 Å². The molecule has 6 nitrogen and oxygen atoms in total. The molecule has 4 rings (SSSR count). The van der Waals surface area contributed by atoms with E-state index in [-0.39, 0.29) is 11.0 Å². The van der Waals surface area contributed by atoms with Crippen LogP contribution in [0.1, 0.15) is 41.3 Å². The Morgan fingerprint density at radius 2 is 1.69 bits per heavy atom. The molecule has 4 aromatic rings. The molecular formula is C24H22ClN5OS. The molecule has 3 aromatic carbocycles. The van der Waals surface area contributed by atoms with Gasteiger partial charge in [-0.05, 0) is 72.6 Å². The van der Waals surface area contributed by atoms with Crippen LogP contribution in [0.25, 0.3) is 16.7 Å². The first-order valence-electron chi connectivity index (χ1n) is 10.2. The maximum absolute atomic E-state index is 12.4. The second-order valence-electron chi connectivity index (χ2n) is 7.78. The molecule has 0 aliphatic carbocycles. The Morgan fingerprint density at radius 3 is 2.34 bits per heavy atom. The number of anilines is 1. The van der Waals surface area contributed by atoms with Crippen LogP contribution >= 0.6 is 23.8 Å². The molecule has 8 heteroatoms. The molecule has 1 heterocycles. The maximum atomic E-state index is 12.4. The standard InChI is InChI=1S/C24H22ClN5OS/c1-14(2)16-8-10-17(11-9-16)30-28-21-12-15(3)20(13-22(21)29-30)26-24(32)27-23(31)18-6-4-5-7-19(18)25/h4-14H,1-3H3,(H2,26,27,31,32). The Hall–Kier alpha value is -3.29. The number of rotatable bonds is 4. The highest BCUT2D eigenvalue weighted by Crippen LogP contribution is 2.23. The number of fused-ring (bicyclic) bond motifs is 1. The van der Waals surface area contributed by atoms with Crippen molar-refractivity contribution in [3.05, 3.63) is 82.4 Å². The largest absolute Gasteiger partial charge is 0.332 e. The van der Waals surface area contributed by atoms with E-state index in [4.69, 9.17) is 23.8 Å². The van der Waals surface area contributed by atoms with Crippen LogP contribution in [0.2, 0.25) is 5.02 Å². The molecule has 32 heavy (non-hydrogen) atoms. The molecule has 0 saturated carbocycles. The predicted octanol–water partition coefficient (Wildman–Crippen LogP) is 5.63. The molecule has 0 aliphatic rings. The van der Waals surface area contributed by atoms with Crippen LogP contribution in [0.3, 0.4) is 0 Å². The van der Waals surface area contributed by atoms with Crippen LogP contribution in [-0.2, 0) is 0 Å². The number of carbonyl (C=O) groups is 1. The maximum Gasteiger partial charge on any atom is 0.258 e. The van der Waals surface area contributed by atoms with Gasteiger partial charge in [0.15, 0.2) is 5.11 Å². The van der Waals surface area contributed by atoms with Gasteiger partial charge in [0.05, 0.1) is 16.3 Å². The van der Waals surface area contributed by atoms with Crippen LogP contribution in [0.4, 0.5) is 5.69 Å². The van der Waals surface area contributed by atoms with Gasteiger partial charge in [0.25, 0.3) is 5.91 Å². The van der Waals surface area contributed by atoms with E-state index in [1.54, 1.807) is 29.1 Å². The zero-order valence-electron chi connectivity index (χ0n) is 17.9. The van der Waals surface area contributed by atoms with E-state index >= 15 is 0 Å². The van der Waals surface area contributed by atoms with Gasteiger partial charge in [-0.15, -0.1) is 10.2 Å². The molecule has 0 spiro atoms.